The predicted octanol–water partition coefficient (Wildman–Crippen LogP) is 6.92. The lowest BCUT2D eigenvalue weighted by Crippen LogP contribution is -2.22. The molecule has 2 heterocycles. The molecule has 0 aliphatic heterocycles. The zero-order valence-electron chi connectivity index (χ0n) is 16.8. The summed E-state index contributed by atoms with van der Waals surface area (Å²) >= 11 is 15.6. The molecule has 32 heavy (non-hydrogen) atoms. The molecule has 3 aromatic carbocycles. The summed E-state index contributed by atoms with van der Waals surface area (Å²) in [6, 6.07) is 32.0. The van der Waals surface area contributed by atoms with E-state index in [2.05, 4.69) is 49.3 Å². The SMILES string of the molecule is [S-]C(=Nc1ccc(Br)cc1)c1c2cccc[n+]2c(-c2ccccc2)n1-c1ccc(Cl)cc1. The molecular formula is C26H17BrClN3S. The highest BCUT2D eigenvalue weighted by atomic mass is 79.9. The zero-order chi connectivity index (χ0) is 22.1. The van der Waals surface area contributed by atoms with E-state index in [1.165, 1.54) is 0 Å². The first-order chi connectivity index (χ1) is 15.6. The average molecular weight is 519 g/mol. The molecule has 5 aromatic rings. The Bertz CT molecular complexity index is 1430. The number of benzene rings is 3. The summed E-state index contributed by atoms with van der Waals surface area (Å²) in [4.78, 5) is 4.78. The Labute approximate surface area is 205 Å². The van der Waals surface area contributed by atoms with Gasteiger partial charge in [0.25, 0.3) is 5.82 Å². The van der Waals surface area contributed by atoms with Crippen LogP contribution in [0.2, 0.25) is 5.02 Å². The highest BCUT2D eigenvalue weighted by molar-refractivity contribution is 9.10. The van der Waals surface area contributed by atoms with Gasteiger partial charge in [0.05, 0.1) is 17.4 Å². The maximum absolute atomic E-state index is 6.19. The van der Waals surface area contributed by atoms with Crippen LogP contribution in [0.1, 0.15) is 5.69 Å². The van der Waals surface area contributed by atoms with E-state index < -0.39 is 0 Å². The van der Waals surface area contributed by atoms with Crippen LogP contribution in [0.5, 0.6) is 0 Å². The van der Waals surface area contributed by atoms with E-state index in [4.69, 9.17) is 29.2 Å². The number of fused-ring (bicyclic) bond motifs is 1. The largest absolute Gasteiger partial charge is 0.756 e. The van der Waals surface area contributed by atoms with Gasteiger partial charge in [0.15, 0.2) is 11.2 Å². The van der Waals surface area contributed by atoms with Crippen LogP contribution >= 0.6 is 27.5 Å². The monoisotopic (exact) mass is 517 g/mol. The minimum Gasteiger partial charge on any atom is -0.756 e. The number of pyridine rings is 1. The molecule has 0 N–H and O–H groups in total. The van der Waals surface area contributed by atoms with Crippen molar-refractivity contribution in [3.8, 4) is 17.1 Å². The van der Waals surface area contributed by atoms with Crippen LogP contribution in [0.4, 0.5) is 5.69 Å². The van der Waals surface area contributed by atoms with Crippen molar-refractivity contribution in [2.45, 2.75) is 0 Å². The summed E-state index contributed by atoms with van der Waals surface area (Å²) in [7, 11) is 0. The summed E-state index contributed by atoms with van der Waals surface area (Å²) in [5, 5.41) is 1.19. The number of imidazole rings is 1. The van der Waals surface area contributed by atoms with Crippen molar-refractivity contribution in [3.05, 3.63) is 118 Å². The van der Waals surface area contributed by atoms with Crippen LogP contribution in [-0.2, 0) is 12.6 Å². The fraction of sp³-hybridized carbons (Fsp3) is 0. The Morgan fingerprint density at radius 2 is 1.53 bits per heavy atom. The molecule has 6 heteroatoms. The van der Waals surface area contributed by atoms with E-state index in [0.717, 1.165) is 38.4 Å². The Morgan fingerprint density at radius 3 is 2.25 bits per heavy atom. The quantitative estimate of drug-likeness (QED) is 0.109. The van der Waals surface area contributed by atoms with Crippen molar-refractivity contribution in [1.82, 2.24) is 4.57 Å². The highest BCUT2D eigenvalue weighted by Crippen LogP contribution is 2.28. The molecule has 3 nitrogen and oxygen atoms in total. The van der Waals surface area contributed by atoms with Crippen molar-refractivity contribution in [1.29, 1.82) is 0 Å². The van der Waals surface area contributed by atoms with Gasteiger partial charge in [0.2, 0.25) is 0 Å². The summed E-state index contributed by atoms with van der Waals surface area (Å²) in [5.74, 6) is 0.992. The van der Waals surface area contributed by atoms with Crippen LogP contribution in [0.25, 0.3) is 22.6 Å². The highest BCUT2D eigenvalue weighted by Gasteiger charge is 2.28. The molecule has 0 unspecified atom stereocenters. The van der Waals surface area contributed by atoms with Gasteiger partial charge in [-0.05, 0) is 77.8 Å². The van der Waals surface area contributed by atoms with Crippen LogP contribution in [0, 0.1) is 0 Å². The summed E-state index contributed by atoms with van der Waals surface area (Å²) in [5.41, 5.74) is 4.66. The van der Waals surface area contributed by atoms with Gasteiger partial charge in [-0.2, -0.15) is 8.97 Å². The van der Waals surface area contributed by atoms with Crippen LogP contribution in [-0.4, -0.2) is 9.61 Å². The first-order valence-corrected chi connectivity index (χ1v) is 11.6. The number of aromatic nitrogens is 2. The molecule has 0 aliphatic carbocycles. The van der Waals surface area contributed by atoms with Crippen molar-refractivity contribution in [2.75, 3.05) is 0 Å². The number of hydrogen-bond donors (Lipinski definition) is 0. The third kappa shape index (κ3) is 3.95. The van der Waals surface area contributed by atoms with E-state index in [9.17, 15) is 0 Å². The van der Waals surface area contributed by atoms with Gasteiger partial charge in [-0.1, -0.05) is 51.8 Å². The minimum absolute atomic E-state index is 0.508. The standard InChI is InChI=1S/C26H17BrClN3S/c27-19-9-13-21(14-10-19)29-25(32)24-23-8-4-5-17-30(23)26(18-6-2-1-3-7-18)31(24)22-15-11-20(28)12-16-22/h1-17H. The van der Waals surface area contributed by atoms with Crippen molar-refractivity contribution in [3.63, 3.8) is 0 Å². The molecule has 156 valence electrons. The second-order valence-corrected chi connectivity index (χ2v) is 8.94. The summed E-state index contributed by atoms with van der Waals surface area (Å²) < 4.78 is 5.31. The third-order valence-corrected chi connectivity index (χ3v) is 6.21. The number of hydrogen-bond acceptors (Lipinski definition) is 2. The van der Waals surface area contributed by atoms with Crippen LogP contribution in [0.3, 0.4) is 0 Å². The Morgan fingerprint density at radius 1 is 0.844 bits per heavy atom. The molecule has 2 aromatic heterocycles. The van der Waals surface area contributed by atoms with E-state index in [0.29, 0.717) is 10.1 Å². The second-order valence-electron chi connectivity index (χ2n) is 7.20. The van der Waals surface area contributed by atoms with Gasteiger partial charge < -0.3 is 12.6 Å². The molecule has 5 rings (SSSR count). The predicted molar refractivity (Wildman–Crippen MR) is 137 cm³/mol. The molecule has 0 bridgehead atoms. The third-order valence-electron chi connectivity index (χ3n) is 5.14. The number of rotatable bonds is 4. The van der Waals surface area contributed by atoms with E-state index in [-0.39, 0.29) is 0 Å². The Kier molecular flexibility index (Phi) is 5.79. The number of aliphatic imine (C=N–C) groups is 1. The Hall–Kier alpha value is -2.99. The molecular weight excluding hydrogens is 502 g/mol. The van der Waals surface area contributed by atoms with E-state index in [1.807, 2.05) is 78.9 Å². The van der Waals surface area contributed by atoms with E-state index in [1.54, 1.807) is 0 Å². The summed E-state index contributed by atoms with van der Waals surface area (Å²) in [6.45, 7) is 0. The summed E-state index contributed by atoms with van der Waals surface area (Å²) in [6.07, 6.45) is 2.05. The second kappa shape index (κ2) is 8.87. The first kappa shape index (κ1) is 20.9. The molecule has 0 saturated heterocycles. The molecule has 0 atom stereocenters. The lowest BCUT2D eigenvalue weighted by molar-refractivity contribution is -0.499. The molecule has 0 amide bonds. The fourth-order valence-electron chi connectivity index (χ4n) is 3.74. The maximum Gasteiger partial charge on any atom is 0.299 e. The molecule has 0 aliphatic rings. The van der Waals surface area contributed by atoms with Crippen molar-refractivity contribution < 1.29 is 4.40 Å². The van der Waals surface area contributed by atoms with Crippen molar-refractivity contribution >= 4 is 56.4 Å². The van der Waals surface area contributed by atoms with Gasteiger partial charge in [0.1, 0.15) is 5.69 Å². The maximum atomic E-state index is 6.19. The number of nitrogens with zero attached hydrogens (tertiary/aromatic N) is 3. The minimum atomic E-state index is 0.508. The lowest BCUT2D eigenvalue weighted by Gasteiger charge is -2.11. The van der Waals surface area contributed by atoms with Crippen molar-refractivity contribution in [2.24, 2.45) is 4.99 Å². The van der Waals surface area contributed by atoms with Gasteiger partial charge in [-0.3, -0.25) is 4.99 Å². The average Bonchev–Trinajstić information content (AvgIpc) is 3.17. The van der Waals surface area contributed by atoms with E-state index >= 15 is 0 Å². The van der Waals surface area contributed by atoms with Gasteiger partial charge in [-0.25, -0.2) is 0 Å². The normalized spacial score (nSPS) is 11.8. The van der Waals surface area contributed by atoms with Gasteiger partial charge in [0, 0.05) is 9.50 Å². The van der Waals surface area contributed by atoms with Gasteiger partial charge in [-0.15, -0.1) is 0 Å². The van der Waals surface area contributed by atoms with Crippen LogP contribution in [0.15, 0.2) is 113 Å². The fourth-order valence-corrected chi connectivity index (χ4v) is 4.43. The Balaban J connectivity index is 1.85. The number of halogens is 2. The molecule has 0 spiro atoms. The van der Waals surface area contributed by atoms with Gasteiger partial charge >= 0.3 is 0 Å². The smallest absolute Gasteiger partial charge is 0.299 e. The lowest BCUT2D eigenvalue weighted by atomic mass is 10.2. The zero-order valence-corrected chi connectivity index (χ0v) is 20.0. The molecule has 0 saturated carbocycles. The van der Waals surface area contributed by atoms with Crippen LogP contribution < -0.4 is 4.40 Å². The molecule has 0 radical (unpaired) electrons. The first-order valence-electron chi connectivity index (χ1n) is 10.00. The molecule has 0 fully saturated rings. The topological polar surface area (TPSA) is 21.4 Å².